The summed E-state index contributed by atoms with van der Waals surface area (Å²) in [5.41, 5.74) is 1.48. The highest BCUT2D eigenvalue weighted by Gasteiger charge is 2.21. The fourth-order valence-corrected chi connectivity index (χ4v) is 4.46. The molecule has 0 aliphatic carbocycles. The SMILES string of the molecule is CCNC(=NCC(=O)N1CCCC1)NCC(C)N1CCc2sccc2C1. The van der Waals surface area contributed by atoms with Crippen LogP contribution in [-0.2, 0) is 17.8 Å². The van der Waals surface area contributed by atoms with Gasteiger partial charge < -0.3 is 15.5 Å². The Morgan fingerprint density at radius 1 is 1.31 bits per heavy atom. The minimum atomic E-state index is 0.133. The molecule has 1 atom stereocenters. The topological polar surface area (TPSA) is 60.0 Å². The number of guanidine groups is 1. The molecule has 0 saturated carbocycles. The monoisotopic (exact) mass is 377 g/mol. The fourth-order valence-electron chi connectivity index (χ4n) is 3.57. The largest absolute Gasteiger partial charge is 0.357 e. The zero-order valence-corrected chi connectivity index (χ0v) is 16.8. The third kappa shape index (κ3) is 4.98. The predicted octanol–water partition coefficient (Wildman–Crippen LogP) is 1.67. The third-order valence-corrected chi connectivity index (χ3v) is 6.22. The van der Waals surface area contributed by atoms with Crippen LogP contribution in [0.25, 0.3) is 0 Å². The van der Waals surface area contributed by atoms with Gasteiger partial charge in [-0.3, -0.25) is 9.69 Å². The number of thiophene rings is 1. The van der Waals surface area contributed by atoms with Crippen LogP contribution in [0.3, 0.4) is 0 Å². The van der Waals surface area contributed by atoms with Gasteiger partial charge in [0.15, 0.2) is 5.96 Å². The van der Waals surface area contributed by atoms with Crippen LogP contribution in [0.4, 0.5) is 0 Å². The van der Waals surface area contributed by atoms with Crippen LogP contribution in [0.1, 0.15) is 37.1 Å². The van der Waals surface area contributed by atoms with E-state index in [4.69, 9.17) is 0 Å². The second kappa shape index (κ2) is 9.37. The lowest BCUT2D eigenvalue weighted by molar-refractivity contribution is -0.128. The van der Waals surface area contributed by atoms with Crippen molar-refractivity contribution < 1.29 is 4.79 Å². The Bertz CT molecular complexity index is 623. The Morgan fingerprint density at radius 2 is 2.12 bits per heavy atom. The van der Waals surface area contributed by atoms with Crippen molar-refractivity contribution in [1.82, 2.24) is 20.4 Å². The van der Waals surface area contributed by atoms with Crippen molar-refractivity contribution in [3.8, 4) is 0 Å². The molecule has 1 saturated heterocycles. The second-order valence-electron chi connectivity index (χ2n) is 7.10. The normalized spacial score (nSPS) is 19.3. The lowest BCUT2D eigenvalue weighted by Crippen LogP contribution is -2.47. The summed E-state index contributed by atoms with van der Waals surface area (Å²) in [6.45, 7) is 10.0. The molecule has 1 unspecified atom stereocenters. The van der Waals surface area contributed by atoms with E-state index in [9.17, 15) is 4.79 Å². The molecule has 1 fully saturated rings. The van der Waals surface area contributed by atoms with Gasteiger partial charge in [0.05, 0.1) is 0 Å². The van der Waals surface area contributed by atoms with Gasteiger partial charge >= 0.3 is 0 Å². The number of carbonyl (C=O) groups excluding carboxylic acids is 1. The first-order chi connectivity index (χ1) is 12.7. The molecular formula is C19H31N5OS. The van der Waals surface area contributed by atoms with Gasteiger partial charge in [-0.05, 0) is 50.1 Å². The summed E-state index contributed by atoms with van der Waals surface area (Å²) in [7, 11) is 0. The van der Waals surface area contributed by atoms with Gasteiger partial charge in [0.2, 0.25) is 5.91 Å². The molecule has 7 heteroatoms. The van der Waals surface area contributed by atoms with E-state index in [1.165, 1.54) is 10.4 Å². The Kier molecular flexibility index (Phi) is 6.91. The molecular weight excluding hydrogens is 346 g/mol. The van der Waals surface area contributed by atoms with E-state index in [0.717, 1.165) is 64.5 Å². The lowest BCUT2D eigenvalue weighted by Gasteiger charge is -2.32. The maximum absolute atomic E-state index is 12.2. The van der Waals surface area contributed by atoms with Crippen molar-refractivity contribution in [3.63, 3.8) is 0 Å². The molecule has 2 aliphatic rings. The molecule has 0 aromatic carbocycles. The van der Waals surface area contributed by atoms with E-state index in [1.54, 1.807) is 0 Å². The third-order valence-electron chi connectivity index (χ3n) is 5.20. The molecule has 1 aromatic heterocycles. The number of fused-ring (bicyclic) bond motifs is 1. The summed E-state index contributed by atoms with van der Waals surface area (Å²) < 4.78 is 0. The summed E-state index contributed by atoms with van der Waals surface area (Å²) in [6, 6.07) is 2.67. The maximum atomic E-state index is 12.2. The Labute approximate surface area is 160 Å². The highest BCUT2D eigenvalue weighted by Crippen LogP contribution is 2.24. The maximum Gasteiger partial charge on any atom is 0.244 e. The summed E-state index contributed by atoms with van der Waals surface area (Å²) in [5, 5.41) is 8.86. The van der Waals surface area contributed by atoms with Crippen LogP contribution in [0.5, 0.6) is 0 Å². The van der Waals surface area contributed by atoms with Gasteiger partial charge in [-0.1, -0.05) is 0 Å². The van der Waals surface area contributed by atoms with Crippen LogP contribution in [-0.4, -0.2) is 67.0 Å². The van der Waals surface area contributed by atoms with E-state index in [2.05, 4.69) is 38.9 Å². The summed E-state index contributed by atoms with van der Waals surface area (Å²) in [4.78, 5) is 22.6. The van der Waals surface area contributed by atoms with Crippen molar-refractivity contribution in [2.75, 3.05) is 39.3 Å². The first kappa shape index (κ1) is 19.2. The van der Waals surface area contributed by atoms with Crippen LogP contribution in [0.15, 0.2) is 16.4 Å². The Balaban J connectivity index is 1.48. The van der Waals surface area contributed by atoms with Gasteiger partial charge in [-0.2, -0.15) is 0 Å². The molecule has 0 radical (unpaired) electrons. The van der Waals surface area contributed by atoms with Crippen molar-refractivity contribution >= 4 is 23.2 Å². The van der Waals surface area contributed by atoms with Crippen molar-refractivity contribution in [1.29, 1.82) is 0 Å². The van der Waals surface area contributed by atoms with E-state index in [1.807, 2.05) is 23.2 Å². The number of rotatable bonds is 6. The first-order valence-electron chi connectivity index (χ1n) is 9.76. The standard InChI is InChI=1S/C19H31N5OS/c1-3-20-19(22-13-18(25)23-8-4-5-9-23)21-12-15(2)24-10-6-17-16(14-24)7-11-26-17/h7,11,15H,3-6,8-10,12-14H2,1-2H3,(H2,20,21,22). The fraction of sp³-hybridized carbons (Fsp3) is 0.684. The van der Waals surface area contributed by atoms with Crippen molar-refractivity contribution in [2.24, 2.45) is 4.99 Å². The smallest absolute Gasteiger partial charge is 0.244 e. The number of carbonyl (C=O) groups is 1. The molecule has 26 heavy (non-hydrogen) atoms. The van der Waals surface area contributed by atoms with E-state index < -0.39 is 0 Å². The number of amides is 1. The minimum Gasteiger partial charge on any atom is -0.357 e. The van der Waals surface area contributed by atoms with Crippen LogP contribution in [0.2, 0.25) is 0 Å². The molecule has 3 rings (SSSR count). The summed E-state index contributed by atoms with van der Waals surface area (Å²) >= 11 is 1.88. The first-order valence-corrected chi connectivity index (χ1v) is 10.6. The molecule has 0 spiro atoms. The van der Waals surface area contributed by atoms with E-state index in [0.29, 0.717) is 6.04 Å². The number of nitrogens with one attached hydrogen (secondary N) is 2. The van der Waals surface area contributed by atoms with E-state index in [-0.39, 0.29) is 12.5 Å². The number of likely N-dealkylation sites (tertiary alicyclic amines) is 1. The number of nitrogens with zero attached hydrogens (tertiary/aromatic N) is 3. The van der Waals surface area contributed by atoms with Crippen LogP contribution in [0, 0.1) is 0 Å². The zero-order chi connectivity index (χ0) is 18.4. The quantitative estimate of drug-likeness (QED) is 0.585. The summed E-state index contributed by atoms with van der Waals surface area (Å²) in [5.74, 6) is 0.869. The molecule has 2 N–H and O–H groups in total. The zero-order valence-electron chi connectivity index (χ0n) is 16.0. The van der Waals surface area contributed by atoms with Gasteiger partial charge in [0.1, 0.15) is 6.54 Å². The number of hydrogen-bond donors (Lipinski definition) is 2. The molecule has 1 aromatic rings. The van der Waals surface area contributed by atoms with Crippen LogP contribution >= 0.6 is 11.3 Å². The Hall–Kier alpha value is -1.60. The minimum absolute atomic E-state index is 0.133. The van der Waals surface area contributed by atoms with Gasteiger partial charge in [-0.15, -0.1) is 11.3 Å². The molecule has 3 heterocycles. The average Bonchev–Trinajstić information content (AvgIpc) is 3.34. The molecule has 144 valence electrons. The molecule has 2 aliphatic heterocycles. The molecule has 0 bridgehead atoms. The lowest BCUT2D eigenvalue weighted by atomic mass is 10.1. The van der Waals surface area contributed by atoms with Crippen LogP contribution < -0.4 is 10.6 Å². The van der Waals surface area contributed by atoms with Gasteiger partial charge in [0, 0.05) is 50.2 Å². The second-order valence-corrected chi connectivity index (χ2v) is 8.10. The van der Waals surface area contributed by atoms with Gasteiger partial charge in [0.25, 0.3) is 0 Å². The Morgan fingerprint density at radius 3 is 2.88 bits per heavy atom. The van der Waals surface area contributed by atoms with Crippen molar-refractivity contribution in [3.05, 3.63) is 21.9 Å². The highest BCUT2D eigenvalue weighted by molar-refractivity contribution is 7.10. The number of hydrogen-bond acceptors (Lipinski definition) is 4. The molecule has 1 amide bonds. The summed E-state index contributed by atoms with van der Waals surface area (Å²) in [6.07, 6.45) is 3.38. The number of aliphatic imine (C=N–C) groups is 1. The predicted molar refractivity (Wildman–Crippen MR) is 108 cm³/mol. The average molecular weight is 378 g/mol. The van der Waals surface area contributed by atoms with Crippen molar-refractivity contribution in [2.45, 2.75) is 45.7 Å². The van der Waals surface area contributed by atoms with Gasteiger partial charge in [-0.25, -0.2) is 4.99 Å². The molecule has 6 nitrogen and oxygen atoms in total. The van der Waals surface area contributed by atoms with E-state index >= 15 is 0 Å². The highest BCUT2D eigenvalue weighted by atomic mass is 32.1.